The highest BCUT2D eigenvalue weighted by Crippen LogP contribution is 2.30. The average molecular weight is 236 g/mol. The molecule has 0 radical (unpaired) electrons. The Kier molecular flexibility index (Phi) is 3.50. The molecule has 0 unspecified atom stereocenters. The summed E-state index contributed by atoms with van der Waals surface area (Å²) in [6.45, 7) is 5.79. The lowest BCUT2D eigenvalue weighted by Crippen LogP contribution is -2.44. The highest BCUT2D eigenvalue weighted by atomic mass is 15.2. The Labute approximate surface area is 104 Å². The molecule has 0 aromatic rings. The minimum Gasteiger partial charge on any atom is -0.356 e. The van der Waals surface area contributed by atoms with Crippen LogP contribution in [0.2, 0.25) is 0 Å². The molecule has 0 amide bonds. The van der Waals surface area contributed by atoms with Gasteiger partial charge in [0.1, 0.15) is 0 Å². The van der Waals surface area contributed by atoms with Crippen molar-refractivity contribution in [3.05, 3.63) is 0 Å². The third kappa shape index (κ3) is 3.12. The maximum Gasteiger partial charge on any atom is 0.191 e. The minimum atomic E-state index is 0.844. The van der Waals surface area contributed by atoms with E-state index in [0.29, 0.717) is 0 Å². The zero-order chi connectivity index (χ0) is 11.5. The van der Waals surface area contributed by atoms with Gasteiger partial charge in [0.15, 0.2) is 5.96 Å². The van der Waals surface area contributed by atoms with Crippen LogP contribution in [0.15, 0.2) is 4.99 Å². The first-order valence-electron chi connectivity index (χ1n) is 7.18. The number of nitrogens with zero attached hydrogens (tertiary/aromatic N) is 2. The smallest absolute Gasteiger partial charge is 0.191 e. The van der Waals surface area contributed by atoms with Crippen molar-refractivity contribution in [2.45, 2.75) is 38.1 Å². The fraction of sp³-hybridized carbons (Fsp3) is 0.923. The van der Waals surface area contributed by atoms with Gasteiger partial charge in [-0.05, 0) is 51.1 Å². The van der Waals surface area contributed by atoms with E-state index >= 15 is 0 Å². The van der Waals surface area contributed by atoms with E-state index in [2.05, 4.69) is 20.5 Å². The predicted octanol–water partition coefficient (Wildman–Crippen LogP) is 0.800. The molecule has 17 heavy (non-hydrogen) atoms. The van der Waals surface area contributed by atoms with Gasteiger partial charge in [-0.25, -0.2) is 0 Å². The van der Waals surface area contributed by atoms with E-state index < -0.39 is 0 Å². The predicted molar refractivity (Wildman–Crippen MR) is 70.2 cm³/mol. The lowest BCUT2D eigenvalue weighted by molar-refractivity contribution is 0.177. The topological polar surface area (TPSA) is 39.7 Å². The zero-order valence-electron chi connectivity index (χ0n) is 10.6. The van der Waals surface area contributed by atoms with E-state index in [0.717, 1.165) is 37.6 Å². The second kappa shape index (κ2) is 5.25. The van der Waals surface area contributed by atoms with Crippen molar-refractivity contribution in [3.63, 3.8) is 0 Å². The number of likely N-dealkylation sites (tertiary alicyclic amines) is 1. The van der Waals surface area contributed by atoms with Crippen molar-refractivity contribution in [1.82, 2.24) is 15.5 Å². The first kappa shape index (κ1) is 11.3. The Morgan fingerprint density at radius 3 is 2.71 bits per heavy atom. The summed E-state index contributed by atoms with van der Waals surface area (Å²) in [4.78, 5) is 7.14. The summed E-state index contributed by atoms with van der Waals surface area (Å²) in [7, 11) is 0. The zero-order valence-corrected chi connectivity index (χ0v) is 10.6. The summed E-state index contributed by atoms with van der Waals surface area (Å²) in [6, 6.07) is 0.952. The van der Waals surface area contributed by atoms with Crippen LogP contribution in [0.1, 0.15) is 32.1 Å². The number of nitrogens with one attached hydrogen (secondary N) is 2. The summed E-state index contributed by atoms with van der Waals surface area (Å²) in [6.07, 6.45) is 6.78. The van der Waals surface area contributed by atoms with E-state index in [9.17, 15) is 0 Å². The molecule has 2 heterocycles. The van der Waals surface area contributed by atoms with E-state index in [4.69, 9.17) is 0 Å². The standard InChI is InChI=1S/C13H24N4/c1-6-14-13(15-7-1)16-10-11-4-8-17(9-5-11)12-2-3-12/h11-12H,1-10H2,(H2,14,15,16). The molecule has 2 N–H and O–H groups in total. The molecule has 3 rings (SSSR count). The van der Waals surface area contributed by atoms with E-state index in [1.165, 1.54) is 45.2 Å². The van der Waals surface area contributed by atoms with Crippen molar-refractivity contribution >= 4 is 5.96 Å². The quantitative estimate of drug-likeness (QED) is 0.761. The van der Waals surface area contributed by atoms with Crippen LogP contribution in [0.3, 0.4) is 0 Å². The molecule has 0 spiro atoms. The van der Waals surface area contributed by atoms with Crippen molar-refractivity contribution in [1.29, 1.82) is 0 Å². The van der Waals surface area contributed by atoms with E-state index in [1.54, 1.807) is 0 Å². The lowest BCUT2D eigenvalue weighted by atomic mass is 9.97. The molecule has 4 nitrogen and oxygen atoms in total. The SMILES string of the molecule is C1CN=C(NCC2CCN(C3CC3)CC2)NC1. The minimum absolute atomic E-state index is 0.844. The highest BCUT2D eigenvalue weighted by molar-refractivity contribution is 5.80. The normalized spacial score (nSPS) is 27.4. The molecule has 96 valence electrons. The molecule has 1 aliphatic carbocycles. The maximum absolute atomic E-state index is 4.45. The summed E-state index contributed by atoms with van der Waals surface area (Å²) in [5, 5.41) is 6.80. The largest absolute Gasteiger partial charge is 0.356 e. The summed E-state index contributed by atoms with van der Waals surface area (Å²) >= 11 is 0. The van der Waals surface area contributed by atoms with Crippen LogP contribution in [0.5, 0.6) is 0 Å². The van der Waals surface area contributed by atoms with Gasteiger partial charge in [0.2, 0.25) is 0 Å². The molecule has 4 heteroatoms. The number of guanidine groups is 1. The molecule has 0 atom stereocenters. The van der Waals surface area contributed by atoms with Crippen molar-refractivity contribution in [2.75, 3.05) is 32.7 Å². The van der Waals surface area contributed by atoms with Gasteiger partial charge < -0.3 is 15.5 Å². The monoisotopic (exact) mass is 236 g/mol. The molecule has 0 aromatic heterocycles. The summed E-state index contributed by atoms with van der Waals surface area (Å²) in [5.41, 5.74) is 0. The Morgan fingerprint density at radius 1 is 1.24 bits per heavy atom. The third-order valence-corrected chi connectivity index (χ3v) is 4.17. The molecule has 2 aliphatic heterocycles. The number of aliphatic imine (C=N–C) groups is 1. The highest BCUT2D eigenvalue weighted by Gasteiger charge is 2.31. The van der Waals surface area contributed by atoms with Crippen molar-refractivity contribution < 1.29 is 0 Å². The van der Waals surface area contributed by atoms with Crippen LogP contribution >= 0.6 is 0 Å². The summed E-state index contributed by atoms with van der Waals surface area (Å²) < 4.78 is 0. The van der Waals surface area contributed by atoms with Crippen LogP contribution in [0, 0.1) is 5.92 Å². The van der Waals surface area contributed by atoms with E-state index in [-0.39, 0.29) is 0 Å². The maximum atomic E-state index is 4.45. The van der Waals surface area contributed by atoms with Gasteiger partial charge >= 0.3 is 0 Å². The lowest BCUT2D eigenvalue weighted by Gasteiger charge is -2.32. The fourth-order valence-electron chi connectivity index (χ4n) is 2.85. The average Bonchev–Trinajstić information content (AvgIpc) is 3.23. The number of hydrogen-bond acceptors (Lipinski definition) is 4. The fourth-order valence-corrected chi connectivity index (χ4v) is 2.85. The van der Waals surface area contributed by atoms with E-state index in [1.807, 2.05) is 0 Å². The van der Waals surface area contributed by atoms with Gasteiger partial charge in [0.05, 0.1) is 0 Å². The second-order valence-electron chi connectivity index (χ2n) is 5.60. The van der Waals surface area contributed by atoms with Crippen molar-refractivity contribution in [2.24, 2.45) is 10.9 Å². The van der Waals surface area contributed by atoms with Gasteiger partial charge in [0.25, 0.3) is 0 Å². The number of hydrogen-bond donors (Lipinski definition) is 2. The van der Waals surface area contributed by atoms with Gasteiger partial charge in [-0.3, -0.25) is 4.99 Å². The van der Waals surface area contributed by atoms with Crippen LogP contribution in [-0.2, 0) is 0 Å². The number of rotatable bonds is 3. The van der Waals surface area contributed by atoms with Gasteiger partial charge in [-0.2, -0.15) is 0 Å². The van der Waals surface area contributed by atoms with Gasteiger partial charge in [0, 0.05) is 25.7 Å². The molecule has 0 bridgehead atoms. The van der Waals surface area contributed by atoms with Crippen molar-refractivity contribution in [3.8, 4) is 0 Å². The summed E-state index contributed by atoms with van der Waals surface area (Å²) in [5.74, 6) is 1.87. The molecule has 1 saturated carbocycles. The van der Waals surface area contributed by atoms with Gasteiger partial charge in [-0.1, -0.05) is 0 Å². The molecular formula is C13H24N4. The van der Waals surface area contributed by atoms with Crippen LogP contribution in [0.4, 0.5) is 0 Å². The Balaban J connectivity index is 1.37. The van der Waals surface area contributed by atoms with Crippen LogP contribution in [0.25, 0.3) is 0 Å². The Morgan fingerprint density at radius 2 is 2.06 bits per heavy atom. The Bertz CT molecular complexity index is 277. The molecule has 1 saturated heterocycles. The molecule has 0 aromatic carbocycles. The van der Waals surface area contributed by atoms with Crippen LogP contribution < -0.4 is 10.6 Å². The van der Waals surface area contributed by atoms with Crippen LogP contribution in [-0.4, -0.2) is 49.6 Å². The molecular weight excluding hydrogens is 212 g/mol. The first-order chi connectivity index (χ1) is 8.42. The third-order valence-electron chi connectivity index (χ3n) is 4.17. The number of piperidine rings is 1. The first-order valence-corrected chi connectivity index (χ1v) is 7.18. The molecule has 3 aliphatic rings. The molecule has 2 fully saturated rings. The Hall–Kier alpha value is -0.770. The second-order valence-corrected chi connectivity index (χ2v) is 5.60. The van der Waals surface area contributed by atoms with Gasteiger partial charge in [-0.15, -0.1) is 0 Å².